The second-order valence-electron chi connectivity index (χ2n) is 10.9. The standard InChI is InChI=1S/C26H50/c1-6-23-11-13-24(14-12-23)10-9-21(4)7-8-22(5)19-25-15-17-26(18-16-25)20(2)3/h20-26H,6-19H2,1-5H3/t21?,22-,23?,24?,25?,26?/m0/s1. The predicted octanol–water partition coefficient (Wildman–Crippen LogP) is 8.89. The average Bonchev–Trinajstić information content (AvgIpc) is 2.65. The fourth-order valence-electron chi connectivity index (χ4n) is 5.94. The van der Waals surface area contributed by atoms with Crippen LogP contribution in [0.5, 0.6) is 0 Å². The predicted molar refractivity (Wildman–Crippen MR) is 117 cm³/mol. The van der Waals surface area contributed by atoms with Gasteiger partial charge < -0.3 is 0 Å². The first kappa shape index (κ1) is 22.3. The molecule has 154 valence electrons. The van der Waals surface area contributed by atoms with Crippen molar-refractivity contribution >= 4 is 0 Å². The summed E-state index contributed by atoms with van der Waals surface area (Å²) in [6.45, 7) is 12.3. The first-order chi connectivity index (χ1) is 12.5. The van der Waals surface area contributed by atoms with Crippen LogP contribution >= 0.6 is 0 Å². The van der Waals surface area contributed by atoms with Crippen LogP contribution in [0.3, 0.4) is 0 Å². The molecule has 0 heteroatoms. The van der Waals surface area contributed by atoms with E-state index < -0.39 is 0 Å². The van der Waals surface area contributed by atoms with Crippen LogP contribution in [-0.4, -0.2) is 0 Å². The lowest BCUT2D eigenvalue weighted by atomic mass is 9.74. The van der Waals surface area contributed by atoms with E-state index in [4.69, 9.17) is 0 Å². The zero-order valence-corrected chi connectivity index (χ0v) is 18.9. The molecule has 2 saturated carbocycles. The quantitative estimate of drug-likeness (QED) is 0.364. The number of hydrogen-bond acceptors (Lipinski definition) is 0. The third kappa shape index (κ3) is 7.93. The van der Waals surface area contributed by atoms with Gasteiger partial charge in [-0.25, -0.2) is 0 Å². The largest absolute Gasteiger partial charge is 0.0651 e. The van der Waals surface area contributed by atoms with Gasteiger partial charge in [-0.3, -0.25) is 0 Å². The highest BCUT2D eigenvalue weighted by atomic mass is 14.3. The summed E-state index contributed by atoms with van der Waals surface area (Å²) >= 11 is 0. The lowest BCUT2D eigenvalue weighted by Crippen LogP contribution is -2.20. The topological polar surface area (TPSA) is 0 Å². The van der Waals surface area contributed by atoms with Crippen molar-refractivity contribution < 1.29 is 0 Å². The van der Waals surface area contributed by atoms with E-state index in [1.165, 1.54) is 89.9 Å². The Hall–Kier alpha value is 0. The van der Waals surface area contributed by atoms with E-state index >= 15 is 0 Å². The molecular weight excluding hydrogens is 312 g/mol. The summed E-state index contributed by atoms with van der Waals surface area (Å²) in [7, 11) is 0. The van der Waals surface area contributed by atoms with Gasteiger partial charge in [0, 0.05) is 0 Å². The summed E-state index contributed by atoms with van der Waals surface area (Å²) in [5, 5.41) is 0. The molecule has 2 atom stereocenters. The number of hydrogen-bond donors (Lipinski definition) is 0. The normalized spacial score (nSPS) is 32.5. The molecule has 0 aliphatic heterocycles. The molecule has 2 aliphatic carbocycles. The molecule has 0 saturated heterocycles. The van der Waals surface area contributed by atoms with Gasteiger partial charge in [-0.1, -0.05) is 105 Å². The molecule has 2 fully saturated rings. The summed E-state index contributed by atoms with van der Waals surface area (Å²) in [5.41, 5.74) is 0. The summed E-state index contributed by atoms with van der Waals surface area (Å²) in [5.74, 6) is 7.01. The van der Waals surface area contributed by atoms with Gasteiger partial charge in [-0.15, -0.1) is 0 Å². The second kappa shape index (κ2) is 11.8. The Morgan fingerprint density at radius 1 is 0.615 bits per heavy atom. The fourth-order valence-corrected chi connectivity index (χ4v) is 5.94. The Kier molecular flexibility index (Phi) is 10.1. The SMILES string of the molecule is CCC1CCC(CCC(C)CC[C@H](C)CC2CCC(C(C)C)CC2)CC1. The van der Waals surface area contributed by atoms with Crippen LogP contribution in [0.25, 0.3) is 0 Å². The molecule has 0 heterocycles. The lowest BCUT2D eigenvalue weighted by Gasteiger charge is -2.32. The van der Waals surface area contributed by atoms with Gasteiger partial charge in [0.15, 0.2) is 0 Å². The molecular formula is C26H50. The van der Waals surface area contributed by atoms with Crippen LogP contribution in [0.2, 0.25) is 0 Å². The third-order valence-electron chi connectivity index (χ3n) is 8.33. The van der Waals surface area contributed by atoms with E-state index in [1.54, 1.807) is 0 Å². The Morgan fingerprint density at radius 2 is 1.15 bits per heavy atom. The van der Waals surface area contributed by atoms with Gasteiger partial charge in [0.25, 0.3) is 0 Å². The van der Waals surface area contributed by atoms with Gasteiger partial charge in [0.2, 0.25) is 0 Å². The van der Waals surface area contributed by atoms with Crippen LogP contribution in [0.15, 0.2) is 0 Å². The maximum absolute atomic E-state index is 2.53. The van der Waals surface area contributed by atoms with Crippen molar-refractivity contribution in [2.45, 2.75) is 125 Å². The molecule has 26 heavy (non-hydrogen) atoms. The van der Waals surface area contributed by atoms with E-state index in [0.717, 1.165) is 41.4 Å². The van der Waals surface area contributed by atoms with Crippen LogP contribution < -0.4 is 0 Å². The molecule has 0 aromatic carbocycles. The molecule has 0 amide bonds. The van der Waals surface area contributed by atoms with Gasteiger partial charge in [0.05, 0.1) is 0 Å². The molecule has 0 spiro atoms. The van der Waals surface area contributed by atoms with Crippen molar-refractivity contribution in [2.24, 2.45) is 41.4 Å². The highest BCUT2D eigenvalue weighted by Gasteiger charge is 2.24. The maximum Gasteiger partial charge on any atom is -0.0391 e. The van der Waals surface area contributed by atoms with Gasteiger partial charge in [-0.05, 0) is 60.7 Å². The Labute approximate surface area is 166 Å². The molecule has 0 bridgehead atoms. The third-order valence-corrected chi connectivity index (χ3v) is 8.33. The summed E-state index contributed by atoms with van der Waals surface area (Å²) in [6, 6.07) is 0. The fraction of sp³-hybridized carbons (Fsp3) is 1.00. The zero-order chi connectivity index (χ0) is 18.9. The van der Waals surface area contributed by atoms with E-state index in [1.807, 2.05) is 0 Å². The smallest absolute Gasteiger partial charge is 0.0391 e. The monoisotopic (exact) mass is 362 g/mol. The lowest BCUT2D eigenvalue weighted by molar-refractivity contribution is 0.197. The van der Waals surface area contributed by atoms with Crippen molar-refractivity contribution in [2.75, 3.05) is 0 Å². The van der Waals surface area contributed by atoms with Crippen LogP contribution in [0.1, 0.15) is 125 Å². The van der Waals surface area contributed by atoms with E-state index in [-0.39, 0.29) is 0 Å². The number of rotatable bonds is 10. The summed E-state index contributed by atoms with van der Waals surface area (Å²) in [6.07, 6.45) is 21.0. The molecule has 0 aromatic rings. The van der Waals surface area contributed by atoms with E-state index in [0.29, 0.717) is 0 Å². The Balaban J connectivity index is 1.52. The molecule has 0 aromatic heterocycles. The molecule has 2 rings (SSSR count). The van der Waals surface area contributed by atoms with Crippen molar-refractivity contribution in [3.63, 3.8) is 0 Å². The van der Waals surface area contributed by atoms with E-state index in [9.17, 15) is 0 Å². The highest BCUT2D eigenvalue weighted by Crippen LogP contribution is 2.37. The van der Waals surface area contributed by atoms with Crippen LogP contribution in [-0.2, 0) is 0 Å². The Bertz CT molecular complexity index is 341. The molecule has 1 unspecified atom stereocenters. The van der Waals surface area contributed by atoms with Crippen molar-refractivity contribution in [3.8, 4) is 0 Å². The summed E-state index contributed by atoms with van der Waals surface area (Å²) in [4.78, 5) is 0. The van der Waals surface area contributed by atoms with Crippen molar-refractivity contribution in [1.29, 1.82) is 0 Å². The molecule has 0 nitrogen and oxygen atoms in total. The summed E-state index contributed by atoms with van der Waals surface area (Å²) < 4.78 is 0. The van der Waals surface area contributed by atoms with Crippen LogP contribution in [0, 0.1) is 41.4 Å². The highest BCUT2D eigenvalue weighted by molar-refractivity contribution is 4.76. The van der Waals surface area contributed by atoms with Crippen LogP contribution in [0.4, 0.5) is 0 Å². The minimum atomic E-state index is 0.909. The Morgan fingerprint density at radius 3 is 1.73 bits per heavy atom. The van der Waals surface area contributed by atoms with Gasteiger partial charge in [-0.2, -0.15) is 0 Å². The van der Waals surface area contributed by atoms with Gasteiger partial charge in [0.1, 0.15) is 0 Å². The van der Waals surface area contributed by atoms with E-state index in [2.05, 4.69) is 34.6 Å². The minimum absolute atomic E-state index is 0.909. The molecule has 2 aliphatic rings. The van der Waals surface area contributed by atoms with Crippen molar-refractivity contribution in [1.82, 2.24) is 0 Å². The first-order valence-corrected chi connectivity index (χ1v) is 12.5. The minimum Gasteiger partial charge on any atom is -0.0651 e. The van der Waals surface area contributed by atoms with Crippen molar-refractivity contribution in [3.05, 3.63) is 0 Å². The maximum atomic E-state index is 2.53. The second-order valence-corrected chi connectivity index (χ2v) is 10.9. The molecule has 0 N–H and O–H groups in total. The average molecular weight is 363 g/mol. The first-order valence-electron chi connectivity index (χ1n) is 12.5. The zero-order valence-electron chi connectivity index (χ0n) is 18.9. The molecule has 0 radical (unpaired) electrons. The van der Waals surface area contributed by atoms with Gasteiger partial charge >= 0.3 is 0 Å².